The van der Waals surface area contributed by atoms with Crippen molar-refractivity contribution in [3.05, 3.63) is 0 Å². The molecular weight excluding hydrogens is 170 g/mol. The van der Waals surface area contributed by atoms with Gasteiger partial charge in [-0.25, -0.2) is 0 Å². The standard InChI is InChI=1S/C9H19NO3/c1-3-4-9(13)8(5-6-11)10-7(2)12/h8-9,11,13H,3-6H2,1-2H3,(H,10,12)/t8-,9?/m0/s1. The van der Waals surface area contributed by atoms with Crippen molar-refractivity contribution in [1.82, 2.24) is 5.32 Å². The predicted molar refractivity (Wildman–Crippen MR) is 50.2 cm³/mol. The van der Waals surface area contributed by atoms with Gasteiger partial charge in [-0.05, 0) is 12.8 Å². The summed E-state index contributed by atoms with van der Waals surface area (Å²) in [6.07, 6.45) is 1.36. The maximum Gasteiger partial charge on any atom is 0.217 e. The van der Waals surface area contributed by atoms with Crippen LogP contribution in [0.5, 0.6) is 0 Å². The Morgan fingerprint density at radius 3 is 2.46 bits per heavy atom. The highest BCUT2D eigenvalue weighted by Crippen LogP contribution is 2.05. The Morgan fingerprint density at radius 2 is 2.08 bits per heavy atom. The largest absolute Gasteiger partial charge is 0.396 e. The Labute approximate surface area is 79.0 Å². The van der Waals surface area contributed by atoms with E-state index in [1.807, 2.05) is 6.92 Å². The van der Waals surface area contributed by atoms with Gasteiger partial charge in [0.15, 0.2) is 0 Å². The van der Waals surface area contributed by atoms with Gasteiger partial charge >= 0.3 is 0 Å². The molecule has 0 aliphatic rings. The van der Waals surface area contributed by atoms with Crippen LogP contribution < -0.4 is 5.32 Å². The van der Waals surface area contributed by atoms with Crippen LogP contribution in [0.1, 0.15) is 33.1 Å². The Morgan fingerprint density at radius 1 is 1.46 bits per heavy atom. The number of carbonyl (C=O) groups excluding carboxylic acids is 1. The van der Waals surface area contributed by atoms with Gasteiger partial charge in [0.25, 0.3) is 0 Å². The fourth-order valence-corrected chi connectivity index (χ4v) is 1.26. The minimum Gasteiger partial charge on any atom is -0.396 e. The molecule has 0 aromatic rings. The topological polar surface area (TPSA) is 69.6 Å². The first kappa shape index (κ1) is 12.4. The monoisotopic (exact) mass is 189 g/mol. The molecule has 1 amide bonds. The van der Waals surface area contributed by atoms with Gasteiger partial charge in [-0.3, -0.25) is 4.79 Å². The summed E-state index contributed by atoms with van der Waals surface area (Å²) in [6.45, 7) is 3.35. The van der Waals surface area contributed by atoms with Crippen LogP contribution in [0.2, 0.25) is 0 Å². The normalized spacial score (nSPS) is 15.1. The molecular formula is C9H19NO3. The second kappa shape index (κ2) is 6.86. The molecule has 0 aliphatic heterocycles. The fraction of sp³-hybridized carbons (Fsp3) is 0.889. The zero-order valence-corrected chi connectivity index (χ0v) is 8.29. The van der Waals surface area contributed by atoms with Crippen LogP contribution in [-0.4, -0.2) is 34.9 Å². The number of aliphatic hydroxyl groups excluding tert-OH is 2. The third-order valence-electron chi connectivity index (χ3n) is 1.88. The van der Waals surface area contributed by atoms with E-state index >= 15 is 0 Å². The molecule has 0 bridgehead atoms. The van der Waals surface area contributed by atoms with E-state index in [1.165, 1.54) is 6.92 Å². The molecule has 0 radical (unpaired) electrons. The molecule has 0 aromatic heterocycles. The van der Waals surface area contributed by atoms with Gasteiger partial charge in [0.1, 0.15) is 0 Å². The average Bonchev–Trinajstić information content (AvgIpc) is 2.03. The van der Waals surface area contributed by atoms with Gasteiger partial charge in [-0.1, -0.05) is 13.3 Å². The van der Waals surface area contributed by atoms with Crippen LogP contribution in [-0.2, 0) is 4.79 Å². The van der Waals surface area contributed by atoms with Crippen molar-refractivity contribution >= 4 is 5.91 Å². The summed E-state index contributed by atoms with van der Waals surface area (Å²) >= 11 is 0. The summed E-state index contributed by atoms with van der Waals surface area (Å²) in [7, 11) is 0. The van der Waals surface area contributed by atoms with Crippen LogP contribution in [0.3, 0.4) is 0 Å². The lowest BCUT2D eigenvalue weighted by Crippen LogP contribution is -2.42. The lowest BCUT2D eigenvalue weighted by atomic mass is 10.0. The highest BCUT2D eigenvalue weighted by Gasteiger charge is 2.18. The molecule has 1 unspecified atom stereocenters. The molecule has 3 N–H and O–H groups in total. The summed E-state index contributed by atoms with van der Waals surface area (Å²) in [5.41, 5.74) is 0. The molecule has 0 rings (SSSR count). The number of hydrogen-bond acceptors (Lipinski definition) is 3. The predicted octanol–water partition coefficient (Wildman–Crippen LogP) is 0.0345. The highest BCUT2D eigenvalue weighted by molar-refractivity contribution is 5.73. The summed E-state index contributed by atoms with van der Waals surface area (Å²) in [6, 6.07) is -0.317. The molecule has 13 heavy (non-hydrogen) atoms. The van der Waals surface area contributed by atoms with Crippen LogP contribution in [0.4, 0.5) is 0 Å². The lowest BCUT2D eigenvalue weighted by molar-refractivity contribution is -0.120. The highest BCUT2D eigenvalue weighted by atomic mass is 16.3. The fourth-order valence-electron chi connectivity index (χ4n) is 1.26. The van der Waals surface area contributed by atoms with Crippen molar-refractivity contribution in [3.8, 4) is 0 Å². The molecule has 4 heteroatoms. The minimum atomic E-state index is -0.555. The summed E-state index contributed by atoms with van der Waals surface area (Å²) < 4.78 is 0. The van der Waals surface area contributed by atoms with E-state index in [9.17, 15) is 9.90 Å². The summed E-state index contributed by atoms with van der Waals surface area (Å²) in [5, 5.41) is 20.9. The van der Waals surface area contributed by atoms with Crippen LogP contribution >= 0.6 is 0 Å². The molecule has 78 valence electrons. The van der Waals surface area contributed by atoms with Crippen molar-refractivity contribution < 1.29 is 15.0 Å². The quantitative estimate of drug-likeness (QED) is 0.552. The van der Waals surface area contributed by atoms with Crippen molar-refractivity contribution in [1.29, 1.82) is 0 Å². The summed E-state index contributed by atoms with van der Waals surface area (Å²) in [4.78, 5) is 10.7. The molecule has 0 saturated heterocycles. The molecule has 4 nitrogen and oxygen atoms in total. The zero-order chi connectivity index (χ0) is 10.3. The zero-order valence-electron chi connectivity index (χ0n) is 8.29. The van der Waals surface area contributed by atoms with E-state index in [1.54, 1.807) is 0 Å². The molecule has 0 aliphatic carbocycles. The Balaban J connectivity index is 3.97. The van der Waals surface area contributed by atoms with Crippen LogP contribution in [0.25, 0.3) is 0 Å². The van der Waals surface area contributed by atoms with E-state index in [0.717, 1.165) is 6.42 Å². The van der Waals surface area contributed by atoms with Gasteiger partial charge in [0.2, 0.25) is 5.91 Å². The summed E-state index contributed by atoms with van der Waals surface area (Å²) in [5.74, 6) is -0.173. The molecule has 0 heterocycles. The molecule has 0 saturated carbocycles. The molecule has 0 spiro atoms. The Bertz CT molecular complexity index is 150. The lowest BCUT2D eigenvalue weighted by Gasteiger charge is -2.22. The van der Waals surface area contributed by atoms with Gasteiger partial charge in [0.05, 0.1) is 12.1 Å². The number of amides is 1. The van der Waals surface area contributed by atoms with E-state index < -0.39 is 6.10 Å². The van der Waals surface area contributed by atoms with E-state index in [2.05, 4.69) is 5.32 Å². The second-order valence-corrected chi connectivity index (χ2v) is 3.18. The van der Waals surface area contributed by atoms with Crippen molar-refractivity contribution in [2.45, 2.75) is 45.3 Å². The van der Waals surface area contributed by atoms with Crippen LogP contribution in [0.15, 0.2) is 0 Å². The Hall–Kier alpha value is -0.610. The Kier molecular flexibility index (Phi) is 6.54. The number of carbonyl (C=O) groups is 1. The maximum absolute atomic E-state index is 10.7. The van der Waals surface area contributed by atoms with Crippen molar-refractivity contribution in [2.75, 3.05) is 6.61 Å². The maximum atomic E-state index is 10.7. The number of rotatable bonds is 6. The van der Waals surface area contributed by atoms with Gasteiger partial charge < -0.3 is 15.5 Å². The van der Waals surface area contributed by atoms with Crippen molar-refractivity contribution in [2.24, 2.45) is 0 Å². The molecule has 0 fully saturated rings. The SMILES string of the molecule is CCCC(O)[C@H](CCO)NC(C)=O. The smallest absolute Gasteiger partial charge is 0.217 e. The molecule has 2 atom stereocenters. The van der Waals surface area contributed by atoms with Gasteiger partial charge in [-0.15, -0.1) is 0 Å². The first-order chi connectivity index (χ1) is 6.11. The second-order valence-electron chi connectivity index (χ2n) is 3.18. The van der Waals surface area contributed by atoms with E-state index in [0.29, 0.717) is 12.8 Å². The first-order valence-corrected chi connectivity index (χ1v) is 4.67. The van der Waals surface area contributed by atoms with E-state index in [4.69, 9.17) is 5.11 Å². The number of hydrogen-bond donors (Lipinski definition) is 3. The third kappa shape index (κ3) is 5.60. The first-order valence-electron chi connectivity index (χ1n) is 4.67. The third-order valence-corrected chi connectivity index (χ3v) is 1.88. The number of aliphatic hydroxyl groups is 2. The van der Waals surface area contributed by atoms with Crippen molar-refractivity contribution in [3.63, 3.8) is 0 Å². The van der Waals surface area contributed by atoms with Gasteiger partial charge in [0, 0.05) is 13.5 Å². The number of nitrogens with one attached hydrogen (secondary N) is 1. The minimum absolute atomic E-state index is 0.0221. The van der Waals surface area contributed by atoms with E-state index in [-0.39, 0.29) is 18.6 Å². The van der Waals surface area contributed by atoms with Gasteiger partial charge in [-0.2, -0.15) is 0 Å². The van der Waals surface area contributed by atoms with Crippen LogP contribution in [0, 0.1) is 0 Å². The molecule has 0 aromatic carbocycles. The average molecular weight is 189 g/mol.